The number of hydrogen-bond acceptors (Lipinski definition) is 4. The number of aromatic amines is 1. The van der Waals surface area contributed by atoms with Gasteiger partial charge in [-0.3, -0.25) is 10.00 Å². The van der Waals surface area contributed by atoms with Crippen LogP contribution >= 0.6 is 0 Å². The van der Waals surface area contributed by atoms with Crippen molar-refractivity contribution in [2.45, 2.75) is 25.9 Å². The first-order valence-electron chi connectivity index (χ1n) is 6.90. The summed E-state index contributed by atoms with van der Waals surface area (Å²) in [5, 5.41) is 8.09. The molecule has 1 aromatic carbocycles. The van der Waals surface area contributed by atoms with E-state index in [0.29, 0.717) is 24.8 Å². The van der Waals surface area contributed by atoms with E-state index in [0.717, 1.165) is 17.4 Å². The third-order valence-corrected chi connectivity index (χ3v) is 5.71. The van der Waals surface area contributed by atoms with Crippen LogP contribution in [-0.2, 0) is 16.4 Å². The van der Waals surface area contributed by atoms with E-state index in [4.69, 9.17) is 0 Å². The van der Waals surface area contributed by atoms with Crippen molar-refractivity contribution in [2.24, 2.45) is 0 Å². The zero-order valence-electron chi connectivity index (χ0n) is 11.5. The molecule has 0 bridgehead atoms. The number of sulfone groups is 1. The molecule has 1 fully saturated rings. The molecule has 1 unspecified atom stereocenters. The third kappa shape index (κ3) is 2.86. The Morgan fingerprint density at radius 3 is 3.10 bits per heavy atom. The second-order valence-corrected chi connectivity index (χ2v) is 7.86. The summed E-state index contributed by atoms with van der Waals surface area (Å²) >= 11 is 0. The van der Waals surface area contributed by atoms with Gasteiger partial charge in [-0.1, -0.05) is 12.1 Å². The van der Waals surface area contributed by atoms with Crippen LogP contribution in [0.1, 0.15) is 18.9 Å². The fourth-order valence-corrected chi connectivity index (χ4v) is 4.08. The monoisotopic (exact) mass is 293 g/mol. The number of aromatic nitrogens is 2. The van der Waals surface area contributed by atoms with Crippen LogP contribution < -0.4 is 0 Å². The molecule has 0 spiro atoms. The smallest absolute Gasteiger partial charge is 0.151 e. The lowest BCUT2D eigenvalue weighted by Gasteiger charge is -2.26. The van der Waals surface area contributed by atoms with Crippen LogP contribution in [0.25, 0.3) is 10.9 Å². The predicted molar refractivity (Wildman–Crippen MR) is 79.2 cm³/mol. The van der Waals surface area contributed by atoms with E-state index in [9.17, 15) is 8.42 Å². The molecule has 0 radical (unpaired) electrons. The van der Waals surface area contributed by atoms with Crippen molar-refractivity contribution in [1.82, 2.24) is 15.1 Å². The first-order chi connectivity index (χ1) is 9.53. The van der Waals surface area contributed by atoms with E-state index >= 15 is 0 Å². The summed E-state index contributed by atoms with van der Waals surface area (Å²) < 4.78 is 23.4. The molecule has 2 heterocycles. The van der Waals surface area contributed by atoms with Crippen molar-refractivity contribution in [3.8, 4) is 0 Å². The summed E-state index contributed by atoms with van der Waals surface area (Å²) in [6.07, 6.45) is 2.52. The Morgan fingerprint density at radius 2 is 2.25 bits per heavy atom. The second kappa shape index (κ2) is 5.18. The molecule has 2 aromatic rings. The Balaban J connectivity index is 1.78. The summed E-state index contributed by atoms with van der Waals surface area (Å²) in [5.74, 6) is 0.577. The minimum Gasteiger partial charge on any atom is -0.295 e. The van der Waals surface area contributed by atoms with Gasteiger partial charge in [-0.2, -0.15) is 5.10 Å². The van der Waals surface area contributed by atoms with Crippen LogP contribution in [0, 0.1) is 0 Å². The van der Waals surface area contributed by atoms with Gasteiger partial charge in [-0.15, -0.1) is 0 Å². The minimum absolute atomic E-state index is 0.268. The highest BCUT2D eigenvalue weighted by Gasteiger charge is 2.24. The quantitative estimate of drug-likeness (QED) is 0.913. The molecule has 3 rings (SSSR count). The molecule has 1 saturated heterocycles. The molecular weight excluding hydrogens is 274 g/mol. The van der Waals surface area contributed by atoms with Gasteiger partial charge in [0.15, 0.2) is 9.84 Å². The zero-order valence-corrected chi connectivity index (χ0v) is 12.4. The Bertz CT molecular complexity index is 708. The van der Waals surface area contributed by atoms with E-state index in [1.165, 1.54) is 5.56 Å². The van der Waals surface area contributed by atoms with Crippen molar-refractivity contribution >= 4 is 20.7 Å². The third-order valence-electron chi connectivity index (χ3n) is 4.05. The van der Waals surface area contributed by atoms with Crippen LogP contribution in [0.15, 0.2) is 24.4 Å². The van der Waals surface area contributed by atoms with E-state index in [2.05, 4.69) is 34.2 Å². The van der Waals surface area contributed by atoms with E-state index < -0.39 is 9.84 Å². The number of fused-ring (bicyclic) bond motifs is 1. The average molecular weight is 293 g/mol. The molecule has 0 amide bonds. The molecule has 1 aliphatic heterocycles. The molecule has 1 aliphatic rings. The van der Waals surface area contributed by atoms with Crippen LogP contribution in [0.2, 0.25) is 0 Å². The van der Waals surface area contributed by atoms with Gasteiger partial charge in [0, 0.05) is 24.5 Å². The topological polar surface area (TPSA) is 66.1 Å². The first-order valence-corrected chi connectivity index (χ1v) is 8.72. The SMILES string of the molecule is CC1CCS(=O)(=O)CCN1Cc1ccc2cn[nH]c2c1. The number of nitrogens with zero attached hydrogens (tertiary/aromatic N) is 2. The molecule has 0 aliphatic carbocycles. The van der Waals surface area contributed by atoms with Gasteiger partial charge in [0.1, 0.15) is 0 Å². The lowest BCUT2D eigenvalue weighted by atomic mass is 10.1. The maximum absolute atomic E-state index is 11.7. The summed E-state index contributed by atoms with van der Waals surface area (Å²) in [6.45, 7) is 3.51. The van der Waals surface area contributed by atoms with E-state index in [1.807, 2.05) is 6.07 Å². The highest BCUT2D eigenvalue weighted by atomic mass is 32.2. The highest BCUT2D eigenvalue weighted by Crippen LogP contribution is 2.18. The molecular formula is C14H19N3O2S. The molecule has 20 heavy (non-hydrogen) atoms. The van der Waals surface area contributed by atoms with Gasteiger partial charge < -0.3 is 0 Å². The summed E-state index contributed by atoms with van der Waals surface area (Å²) in [6, 6.07) is 6.52. The lowest BCUT2D eigenvalue weighted by molar-refractivity contribution is 0.212. The van der Waals surface area contributed by atoms with Crippen molar-refractivity contribution in [2.75, 3.05) is 18.1 Å². The average Bonchev–Trinajstić information content (AvgIpc) is 2.83. The Labute approximate surface area is 118 Å². The van der Waals surface area contributed by atoms with Gasteiger partial charge in [-0.25, -0.2) is 8.42 Å². The Hall–Kier alpha value is -1.40. The number of H-pyrrole nitrogens is 1. The van der Waals surface area contributed by atoms with Crippen LogP contribution in [0.4, 0.5) is 0 Å². The van der Waals surface area contributed by atoms with Gasteiger partial charge in [0.2, 0.25) is 0 Å². The summed E-state index contributed by atoms with van der Waals surface area (Å²) in [5.41, 5.74) is 2.21. The normalized spacial score (nSPS) is 23.8. The molecule has 1 atom stereocenters. The van der Waals surface area contributed by atoms with Crippen molar-refractivity contribution in [3.05, 3.63) is 30.0 Å². The predicted octanol–water partition coefficient (Wildman–Crippen LogP) is 1.57. The molecule has 5 nitrogen and oxygen atoms in total. The fourth-order valence-electron chi connectivity index (χ4n) is 2.66. The molecule has 0 saturated carbocycles. The zero-order chi connectivity index (χ0) is 14.2. The summed E-state index contributed by atoms with van der Waals surface area (Å²) in [7, 11) is -2.86. The minimum atomic E-state index is -2.86. The molecule has 1 aromatic heterocycles. The van der Waals surface area contributed by atoms with E-state index in [1.54, 1.807) is 6.20 Å². The lowest BCUT2D eigenvalue weighted by Crippen LogP contribution is -2.33. The molecule has 1 N–H and O–H groups in total. The van der Waals surface area contributed by atoms with Crippen molar-refractivity contribution in [1.29, 1.82) is 0 Å². The fraction of sp³-hybridized carbons (Fsp3) is 0.500. The maximum atomic E-state index is 11.7. The molecule has 6 heteroatoms. The van der Waals surface area contributed by atoms with Gasteiger partial charge in [-0.05, 0) is 25.0 Å². The van der Waals surface area contributed by atoms with Crippen LogP contribution in [0.5, 0.6) is 0 Å². The van der Waals surface area contributed by atoms with Crippen LogP contribution in [-0.4, -0.2) is 47.6 Å². The number of nitrogens with one attached hydrogen (secondary N) is 1. The summed E-state index contributed by atoms with van der Waals surface area (Å²) in [4.78, 5) is 2.25. The second-order valence-electron chi connectivity index (χ2n) is 5.55. The highest BCUT2D eigenvalue weighted by molar-refractivity contribution is 7.91. The van der Waals surface area contributed by atoms with Gasteiger partial charge >= 0.3 is 0 Å². The Morgan fingerprint density at radius 1 is 1.40 bits per heavy atom. The van der Waals surface area contributed by atoms with Crippen molar-refractivity contribution in [3.63, 3.8) is 0 Å². The molecule has 108 valence electrons. The number of benzene rings is 1. The standard InChI is InChI=1S/C14H19N3O2S/c1-11-4-6-20(18,19)7-5-17(11)10-12-2-3-13-9-15-16-14(13)8-12/h2-3,8-9,11H,4-7,10H2,1H3,(H,15,16). The largest absolute Gasteiger partial charge is 0.295 e. The first kappa shape index (κ1) is 13.6. The van der Waals surface area contributed by atoms with Gasteiger partial charge in [0.05, 0.1) is 23.2 Å². The van der Waals surface area contributed by atoms with Crippen molar-refractivity contribution < 1.29 is 8.42 Å². The Kier molecular flexibility index (Phi) is 3.52. The maximum Gasteiger partial charge on any atom is 0.151 e. The van der Waals surface area contributed by atoms with Crippen LogP contribution in [0.3, 0.4) is 0 Å². The van der Waals surface area contributed by atoms with Gasteiger partial charge in [0.25, 0.3) is 0 Å². The number of rotatable bonds is 2. The number of hydrogen-bond donors (Lipinski definition) is 1. The van der Waals surface area contributed by atoms with E-state index in [-0.39, 0.29) is 5.75 Å².